The second-order valence-electron chi connectivity index (χ2n) is 5.65. The quantitative estimate of drug-likeness (QED) is 0.754. The summed E-state index contributed by atoms with van der Waals surface area (Å²) in [6, 6.07) is 1.17. The van der Waals surface area contributed by atoms with E-state index in [1.807, 2.05) is 0 Å². The van der Waals surface area contributed by atoms with Crippen LogP contribution in [0.5, 0.6) is 0 Å². The van der Waals surface area contributed by atoms with E-state index in [1.165, 1.54) is 6.42 Å². The highest BCUT2D eigenvalue weighted by Gasteiger charge is 2.25. The van der Waals surface area contributed by atoms with Gasteiger partial charge in [-0.15, -0.1) is 0 Å². The molecule has 16 heavy (non-hydrogen) atoms. The summed E-state index contributed by atoms with van der Waals surface area (Å²) >= 11 is 0. The zero-order chi connectivity index (χ0) is 12.1. The van der Waals surface area contributed by atoms with Crippen molar-refractivity contribution in [2.45, 2.75) is 65.0 Å². The lowest BCUT2D eigenvalue weighted by Gasteiger charge is -2.30. The van der Waals surface area contributed by atoms with Crippen molar-refractivity contribution in [1.29, 1.82) is 0 Å². The summed E-state index contributed by atoms with van der Waals surface area (Å²) in [4.78, 5) is 11.0. The van der Waals surface area contributed by atoms with Crippen molar-refractivity contribution < 1.29 is 4.79 Å². The maximum absolute atomic E-state index is 11.0. The zero-order valence-corrected chi connectivity index (χ0v) is 10.8. The number of rotatable bonds is 5. The molecule has 0 aromatic carbocycles. The van der Waals surface area contributed by atoms with Crippen LogP contribution in [0.3, 0.4) is 0 Å². The van der Waals surface area contributed by atoms with Gasteiger partial charge < -0.3 is 11.1 Å². The van der Waals surface area contributed by atoms with Crippen LogP contribution in [-0.4, -0.2) is 18.0 Å². The van der Waals surface area contributed by atoms with E-state index in [0.29, 0.717) is 12.1 Å². The van der Waals surface area contributed by atoms with Gasteiger partial charge in [0.1, 0.15) is 0 Å². The maximum Gasteiger partial charge on any atom is 0.220 e. The van der Waals surface area contributed by atoms with Crippen LogP contribution >= 0.6 is 0 Å². The molecule has 0 radical (unpaired) electrons. The first-order chi connectivity index (χ1) is 7.49. The summed E-state index contributed by atoms with van der Waals surface area (Å²) in [6.07, 6.45) is 5.32. The molecule has 0 heterocycles. The zero-order valence-electron chi connectivity index (χ0n) is 10.8. The molecule has 0 spiro atoms. The minimum Gasteiger partial charge on any atom is -0.369 e. The van der Waals surface area contributed by atoms with E-state index in [-0.39, 0.29) is 11.8 Å². The first kappa shape index (κ1) is 13.5. The Balaban J connectivity index is 2.24. The monoisotopic (exact) mass is 226 g/mol. The standard InChI is InChI=1S/C13H26N2O/c1-9(2)8-10(3)15-12-6-4-11(5-7-12)13(14)16/h9-12,15H,4-8H2,1-3H3,(H2,14,16). The summed E-state index contributed by atoms with van der Waals surface area (Å²) in [5.74, 6) is 0.747. The second kappa shape index (κ2) is 6.24. The van der Waals surface area contributed by atoms with Crippen LogP contribution in [0.4, 0.5) is 0 Å². The Morgan fingerprint density at radius 3 is 2.25 bits per heavy atom. The van der Waals surface area contributed by atoms with Gasteiger partial charge in [-0.25, -0.2) is 0 Å². The van der Waals surface area contributed by atoms with Gasteiger partial charge in [-0.1, -0.05) is 13.8 Å². The van der Waals surface area contributed by atoms with Crippen LogP contribution in [0, 0.1) is 11.8 Å². The van der Waals surface area contributed by atoms with E-state index >= 15 is 0 Å². The Morgan fingerprint density at radius 2 is 1.81 bits per heavy atom. The first-order valence-corrected chi connectivity index (χ1v) is 6.54. The van der Waals surface area contributed by atoms with E-state index in [2.05, 4.69) is 26.1 Å². The van der Waals surface area contributed by atoms with Crippen LogP contribution in [0.15, 0.2) is 0 Å². The summed E-state index contributed by atoms with van der Waals surface area (Å²) in [5, 5.41) is 3.66. The number of carbonyl (C=O) groups excluding carboxylic acids is 1. The number of hydrogen-bond acceptors (Lipinski definition) is 2. The number of primary amides is 1. The first-order valence-electron chi connectivity index (χ1n) is 6.54. The lowest BCUT2D eigenvalue weighted by Crippen LogP contribution is -2.41. The van der Waals surface area contributed by atoms with E-state index < -0.39 is 0 Å². The SMILES string of the molecule is CC(C)CC(C)NC1CCC(C(N)=O)CC1. The van der Waals surface area contributed by atoms with Gasteiger partial charge >= 0.3 is 0 Å². The molecule has 0 aliphatic heterocycles. The molecule has 1 aliphatic rings. The fourth-order valence-electron chi connectivity index (χ4n) is 2.72. The average Bonchev–Trinajstić information content (AvgIpc) is 2.16. The van der Waals surface area contributed by atoms with Crippen LogP contribution in [-0.2, 0) is 4.79 Å². The Bertz CT molecular complexity index is 220. The summed E-state index contributed by atoms with van der Waals surface area (Å²) < 4.78 is 0. The molecule has 1 atom stereocenters. The van der Waals surface area contributed by atoms with E-state index in [9.17, 15) is 4.79 Å². The van der Waals surface area contributed by atoms with Crippen molar-refractivity contribution in [1.82, 2.24) is 5.32 Å². The molecule has 1 aliphatic carbocycles. The molecule has 1 fully saturated rings. The largest absolute Gasteiger partial charge is 0.369 e. The van der Waals surface area contributed by atoms with Gasteiger partial charge in [0, 0.05) is 18.0 Å². The Morgan fingerprint density at radius 1 is 1.25 bits per heavy atom. The average molecular weight is 226 g/mol. The fourth-order valence-corrected chi connectivity index (χ4v) is 2.72. The Hall–Kier alpha value is -0.570. The summed E-state index contributed by atoms with van der Waals surface area (Å²) in [6.45, 7) is 6.75. The summed E-state index contributed by atoms with van der Waals surface area (Å²) in [5.41, 5.74) is 5.32. The number of amides is 1. The molecule has 1 saturated carbocycles. The molecule has 94 valence electrons. The highest BCUT2D eigenvalue weighted by atomic mass is 16.1. The van der Waals surface area contributed by atoms with Gasteiger partial charge in [-0.3, -0.25) is 4.79 Å². The van der Waals surface area contributed by atoms with Crippen LogP contribution in [0.1, 0.15) is 52.9 Å². The highest BCUT2D eigenvalue weighted by Crippen LogP contribution is 2.24. The maximum atomic E-state index is 11.0. The van der Waals surface area contributed by atoms with E-state index in [4.69, 9.17) is 5.73 Å². The molecule has 0 aromatic rings. The number of hydrogen-bond donors (Lipinski definition) is 2. The van der Waals surface area contributed by atoms with Crippen molar-refractivity contribution in [2.24, 2.45) is 17.6 Å². The number of nitrogens with two attached hydrogens (primary N) is 1. The molecule has 0 aromatic heterocycles. The topological polar surface area (TPSA) is 55.1 Å². The molecule has 1 amide bonds. The lowest BCUT2D eigenvalue weighted by molar-refractivity contribution is -0.122. The molecule has 3 nitrogen and oxygen atoms in total. The molecular formula is C13H26N2O. The molecule has 0 bridgehead atoms. The number of nitrogens with one attached hydrogen (secondary N) is 1. The molecule has 3 N–H and O–H groups in total. The van der Waals surface area contributed by atoms with Crippen molar-refractivity contribution in [2.75, 3.05) is 0 Å². The van der Waals surface area contributed by atoms with Gasteiger partial charge in [0.2, 0.25) is 5.91 Å². The van der Waals surface area contributed by atoms with Crippen LogP contribution in [0.25, 0.3) is 0 Å². The van der Waals surface area contributed by atoms with Gasteiger partial charge in [-0.05, 0) is 44.9 Å². The summed E-state index contributed by atoms with van der Waals surface area (Å²) in [7, 11) is 0. The fraction of sp³-hybridized carbons (Fsp3) is 0.923. The van der Waals surface area contributed by atoms with Crippen molar-refractivity contribution in [3.05, 3.63) is 0 Å². The molecule has 0 saturated heterocycles. The van der Waals surface area contributed by atoms with Crippen LogP contribution in [0.2, 0.25) is 0 Å². The van der Waals surface area contributed by atoms with Gasteiger partial charge in [-0.2, -0.15) is 0 Å². The van der Waals surface area contributed by atoms with Crippen molar-refractivity contribution in [3.8, 4) is 0 Å². The van der Waals surface area contributed by atoms with E-state index in [0.717, 1.165) is 31.6 Å². The molecular weight excluding hydrogens is 200 g/mol. The van der Waals surface area contributed by atoms with Gasteiger partial charge in [0.05, 0.1) is 0 Å². The third kappa shape index (κ3) is 4.52. The third-order valence-electron chi connectivity index (χ3n) is 3.47. The van der Waals surface area contributed by atoms with E-state index in [1.54, 1.807) is 0 Å². The van der Waals surface area contributed by atoms with Gasteiger partial charge in [0.25, 0.3) is 0 Å². The minimum atomic E-state index is -0.117. The molecule has 3 heteroatoms. The Kier molecular flexibility index (Phi) is 5.26. The van der Waals surface area contributed by atoms with Gasteiger partial charge in [0.15, 0.2) is 0 Å². The Labute approximate surface area is 99.2 Å². The predicted octanol–water partition coefficient (Wildman–Crippen LogP) is 2.05. The highest BCUT2D eigenvalue weighted by molar-refractivity contribution is 5.76. The minimum absolute atomic E-state index is 0.117. The molecule has 1 rings (SSSR count). The lowest BCUT2D eigenvalue weighted by atomic mass is 9.85. The normalized spacial score (nSPS) is 28.0. The smallest absolute Gasteiger partial charge is 0.220 e. The number of carbonyl (C=O) groups is 1. The van der Waals surface area contributed by atoms with Crippen molar-refractivity contribution >= 4 is 5.91 Å². The van der Waals surface area contributed by atoms with Crippen molar-refractivity contribution in [3.63, 3.8) is 0 Å². The van der Waals surface area contributed by atoms with Crippen LogP contribution < -0.4 is 11.1 Å². The molecule has 1 unspecified atom stereocenters. The predicted molar refractivity (Wildman–Crippen MR) is 67.0 cm³/mol. The second-order valence-corrected chi connectivity index (χ2v) is 5.65. The third-order valence-corrected chi connectivity index (χ3v) is 3.47.